The Morgan fingerprint density at radius 1 is 0.333 bits per heavy atom. The number of rotatable bonds is 2. The maximum absolute atomic E-state index is 3.21. The summed E-state index contributed by atoms with van der Waals surface area (Å²) in [7, 11) is 0. The van der Waals surface area contributed by atoms with Crippen molar-refractivity contribution in [1.82, 2.24) is 21.7 Å². The van der Waals surface area contributed by atoms with Gasteiger partial charge in [-0.25, -0.2) is 0 Å². The Morgan fingerprint density at radius 2 is 0.429 bits per heavy atom. The first-order valence-electron chi connectivity index (χ1n) is 7.50. The van der Waals surface area contributed by atoms with Crippen molar-refractivity contribution in [3.63, 3.8) is 0 Å². The van der Waals surface area contributed by atoms with Crippen molar-refractivity contribution in [1.29, 1.82) is 0 Å². The van der Waals surface area contributed by atoms with E-state index >= 15 is 0 Å². The molecule has 0 fully saturated rings. The first-order chi connectivity index (χ1) is 8.41. The zero-order chi connectivity index (χ0) is 16.8. The molecule has 0 rings (SSSR count). The third-order valence-electron chi connectivity index (χ3n) is 1.62. The summed E-state index contributed by atoms with van der Waals surface area (Å²) in [5.41, 5.74) is 13.4. The molecular formula is C16H40CoN4. The quantitative estimate of drug-likeness (QED) is 0.579. The first-order valence-corrected chi connectivity index (χ1v) is 7.50. The van der Waals surface area contributed by atoms with E-state index in [1.807, 2.05) is 0 Å². The Labute approximate surface area is 144 Å². The summed E-state index contributed by atoms with van der Waals surface area (Å²) in [6.45, 7) is 25.6. The van der Waals surface area contributed by atoms with Crippen LogP contribution in [-0.4, -0.2) is 22.2 Å². The molecule has 0 unspecified atom stereocenters. The van der Waals surface area contributed by atoms with E-state index in [1.54, 1.807) is 0 Å². The molecule has 0 aromatic heterocycles. The van der Waals surface area contributed by atoms with Gasteiger partial charge in [0.25, 0.3) is 0 Å². The number of hydrogen-bond donors (Lipinski definition) is 4. The van der Waals surface area contributed by atoms with Crippen LogP contribution in [-0.2, 0) is 16.8 Å². The third-order valence-corrected chi connectivity index (χ3v) is 1.62. The second-order valence-electron chi connectivity index (χ2n) is 9.50. The minimum atomic E-state index is 0. The molecule has 0 aliphatic carbocycles. The summed E-state index contributed by atoms with van der Waals surface area (Å²) in [5.74, 6) is 0. The molecule has 21 heavy (non-hydrogen) atoms. The van der Waals surface area contributed by atoms with E-state index in [2.05, 4.69) is 105 Å². The molecule has 4 N–H and O–H groups in total. The fourth-order valence-corrected chi connectivity index (χ4v) is 0.750. The largest absolute Gasteiger partial charge is 0.252 e. The second kappa shape index (κ2) is 9.48. The smallest absolute Gasteiger partial charge is 0.0239 e. The van der Waals surface area contributed by atoms with Gasteiger partial charge in [0.05, 0.1) is 0 Å². The zero-order valence-electron chi connectivity index (χ0n) is 16.3. The topological polar surface area (TPSA) is 48.1 Å². The van der Waals surface area contributed by atoms with Gasteiger partial charge in [-0.2, -0.15) is 0 Å². The van der Waals surface area contributed by atoms with Crippen LogP contribution >= 0.6 is 0 Å². The Morgan fingerprint density at radius 3 is 0.476 bits per heavy atom. The third kappa shape index (κ3) is 33.3. The van der Waals surface area contributed by atoms with Gasteiger partial charge in [0, 0.05) is 38.9 Å². The van der Waals surface area contributed by atoms with Gasteiger partial charge in [0.15, 0.2) is 0 Å². The van der Waals surface area contributed by atoms with Crippen LogP contribution in [0.1, 0.15) is 83.1 Å². The minimum Gasteiger partial charge on any atom is -0.252 e. The molecule has 0 spiro atoms. The molecular weight excluding hydrogens is 307 g/mol. The average molecular weight is 347 g/mol. The van der Waals surface area contributed by atoms with Gasteiger partial charge in [-0.15, -0.1) is 0 Å². The molecule has 0 aliphatic heterocycles. The molecule has 1 radical (unpaired) electrons. The molecule has 0 atom stereocenters. The van der Waals surface area contributed by atoms with Crippen molar-refractivity contribution in [2.45, 2.75) is 105 Å². The van der Waals surface area contributed by atoms with Crippen LogP contribution in [0.5, 0.6) is 0 Å². The van der Waals surface area contributed by atoms with Crippen molar-refractivity contribution < 1.29 is 16.8 Å². The van der Waals surface area contributed by atoms with E-state index < -0.39 is 0 Å². The SMILES string of the molecule is CC(C)(C)NNC(C)(C)C.CC(C)(C)NNC(C)(C)C.[Co]. The molecule has 4 nitrogen and oxygen atoms in total. The van der Waals surface area contributed by atoms with Crippen molar-refractivity contribution in [3.05, 3.63) is 0 Å². The predicted molar refractivity (Wildman–Crippen MR) is 91.6 cm³/mol. The van der Waals surface area contributed by atoms with Gasteiger partial charge in [-0.05, 0) is 83.1 Å². The number of hydrogen-bond acceptors (Lipinski definition) is 4. The van der Waals surface area contributed by atoms with E-state index in [1.165, 1.54) is 0 Å². The molecule has 0 saturated heterocycles. The minimum absolute atomic E-state index is 0. The zero-order valence-corrected chi connectivity index (χ0v) is 17.4. The van der Waals surface area contributed by atoms with Crippen molar-refractivity contribution >= 4 is 0 Å². The molecule has 0 aromatic carbocycles. The van der Waals surface area contributed by atoms with Gasteiger partial charge in [-0.3, -0.25) is 21.7 Å². The standard InChI is InChI=1S/2C8H20N2.Co/c2*1-7(2,3)9-10-8(4,5)6;/h2*9-10H,1-6H3;. The van der Waals surface area contributed by atoms with Crippen LogP contribution in [0.3, 0.4) is 0 Å². The van der Waals surface area contributed by atoms with Crippen molar-refractivity contribution in [2.24, 2.45) is 0 Å². The monoisotopic (exact) mass is 347 g/mol. The number of hydrazine groups is 2. The van der Waals surface area contributed by atoms with Crippen LogP contribution in [0.25, 0.3) is 0 Å². The fraction of sp³-hybridized carbons (Fsp3) is 1.00. The summed E-state index contributed by atoms with van der Waals surface area (Å²) in [4.78, 5) is 0. The molecule has 5 heteroatoms. The Bertz CT molecular complexity index is 195. The van der Waals surface area contributed by atoms with Crippen LogP contribution in [0, 0.1) is 0 Å². The van der Waals surface area contributed by atoms with Crippen molar-refractivity contribution in [2.75, 3.05) is 0 Å². The van der Waals surface area contributed by atoms with E-state index in [0.29, 0.717) is 0 Å². The average Bonchev–Trinajstić information content (AvgIpc) is 2.09. The number of nitrogens with one attached hydrogen (secondary N) is 4. The molecule has 0 saturated carbocycles. The maximum Gasteiger partial charge on any atom is 0.0239 e. The van der Waals surface area contributed by atoms with E-state index in [9.17, 15) is 0 Å². The van der Waals surface area contributed by atoms with Crippen molar-refractivity contribution in [3.8, 4) is 0 Å². The summed E-state index contributed by atoms with van der Waals surface area (Å²) >= 11 is 0. The van der Waals surface area contributed by atoms with Gasteiger partial charge in [-0.1, -0.05) is 0 Å². The summed E-state index contributed by atoms with van der Waals surface area (Å²) in [6.07, 6.45) is 0. The second-order valence-corrected chi connectivity index (χ2v) is 9.50. The Hall–Kier alpha value is 0.346. The van der Waals surface area contributed by atoms with Crippen LogP contribution < -0.4 is 21.7 Å². The molecule has 0 bridgehead atoms. The van der Waals surface area contributed by atoms with E-state index in [0.717, 1.165) is 0 Å². The van der Waals surface area contributed by atoms with E-state index in [4.69, 9.17) is 0 Å². The van der Waals surface area contributed by atoms with Gasteiger partial charge in [0.1, 0.15) is 0 Å². The van der Waals surface area contributed by atoms with Crippen LogP contribution in [0.2, 0.25) is 0 Å². The summed E-state index contributed by atoms with van der Waals surface area (Å²) in [5, 5.41) is 0. The summed E-state index contributed by atoms with van der Waals surface area (Å²) in [6, 6.07) is 0. The molecule has 133 valence electrons. The van der Waals surface area contributed by atoms with Gasteiger partial charge in [0.2, 0.25) is 0 Å². The van der Waals surface area contributed by atoms with Crippen LogP contribution in [0.15, 0.2) is 0 Å². The van der Waals surface area contributed by atoms with Crippen LogP contribution in [0.4, 0.5) is 0 Å². The first kappa shape index (κ1) is 26.3. The molecule has 0 heterocycles. The Balaban J connectivity index is -0.000000295. The normalized spacial score (nSPS) is 13.1. The van der Waals surface area contributed by atoms with Gasteiger partial charge < -0.3 is 0 Å². The molecule has 0 aromatic rings. The molecule has 0 aliphatic rings. The maximum atomic E-state index is 3.21. The molecule has 0 amide bonds. The Kier molecular flexibility index (Phi) is 11.8. The summed E-state index contributed by atoms with van der Waals surface area (Å²) < 4.78 is 0. The van der Waals surface area contributed by atoms with Gasteiger partial charge >= 0.3 is 0 Å². The van der Waals surface area contributed by atoms with E-state index in [-0.39, 0.29) is 38.9 Å². The predicted octanol–water partition coefficient (Wildman–Crippen LogP) is 3.35. The fourth-order valence-electron chi connectivity index (χ4n) is 0.750.